The number of nitrogens with one attached hydrogen (secondary N) is 1. The number of hydrogen-bond donors (Lipinski definition) is 2. The number of rotatable bonds is 5. The zero-order valence-corrected chi connectivity index (χ0v) is 11.3. The average Bonchev–Trinajstić information content (AvgIpc) is 2.87. The molecular formula is C14H23N3O. The highest BCUT2D eigenvalue weighted by Gasteiger charge is 2.27. The van der Waals surface area contributed by atoms with Gasteiger partial charge in [0.25, 0.3) is 0 Å². The molecule has 1 aliphatic rings. The summed E-state index contributed by atoms with van der Waals surface area (Å²) in [6, 6.07) is 4.63. The zero-order valence-electron chi connectivity index (χ0n) is 11.3. The molecule has 4 heteroatoms. The first kappa shape index (κ1) is 13.3. The summed E-state index contributed by atoms with van der Waals surface area (Å²) >= 11 is 0. The molecule has 0 bridgehead atoms. The van der Waals surface area contributed by atoms with E-state index in [4.69, 9.17) is 0 Å². The quantitative estimate of drug-likeness (QED) is 0.834. The van der Waals surface area contributed by atoms with Gasteiger partial charge >= 0.3 is 0 Å². The minimum atomic E-state index is 0.214. The Bertz CT molecular complexity index is 383. The van der Waals surface area contributed by atoms with Crippen LogP contribution in [0, 0.1) is 0 Å². The van der Waals surface area contributed by atoms with Gasteiger partial charge in [-0.3, -0.25) is 0 Å². The minimum absolute atomic E-state index is 0.214. The maximum absolute atomic E-state index is 9.45. The lowest BCUT2D eigenvalue weighted by Gasteiger charge is -2.28. The van der Waals surface area contributed by atoms with Crippen molar-refractivity contribution in [1.29, 1.82) is 0 Å². The van der Waals surface area contributed by atoms with Gasteiger partial charge in [-0.1, -0.05) is 13.0 Å². The molecule has 2 unspecified atom stereocenters. The van der Waals surface area contributed by atoms with Crippen molar-refractivity contribution in [3.05, 3.63) is 23.9 Å². The van der Waals surface area contributed by atoms with Gasteiger partial charge in [-0.05, 0) is 32.4 Å². The molecule has 2 rings (SSSR count). The van der Waals surface area contributed by atoms with Gasteiger partial charge in [0.05, 0.1) is 12.6 Å². The Labute approximate surface area is 109 Å². The molecule has 0 aromatic carbocycles. The summed E-state index contributed by atoms with van der Waals surface area (Å²) in [7, 11) is 0. The lowest BCUT2D eigenvalue weighted by atomic mass is 10.1. The summed E-state index contributed by atoms with van der Waals surface area (Å²) in [5, 5.41) is 12.9. The largest absolute Gasteiger partial charge is 0.394 e. The van der Waals surface area contributed by atoms with Gasteiger partial charge in [0.2, 0.25) is 0 Å². The van der Waals surface area contributed by atoms with E-state index in [9.17, 15) is 5.11 Å². The molecule has 0 aliphatic carbocycles. The van der Waals surface area contributed by atoms with Crippen LogP contribution >= 0.6 is 0 Å². The molecule has 1 fully saturated rings. The van der Waals surface area contributed by atoms with Crippen LogP contribution in [-0.2, 0) is 0 Å². The van der Waals surface area contributed by atoms with Crippen molar-refractivity contribution >= 4 is 5.82 Å². The van der Waals surface area contributed by atoms with Crippen LogP contribution in [-0.4, -0.2) is 35.8 Å². The standard InChI is InChI=1S/C14H23N3O/c1-3-15-11(2)13-7-4-8-16-14(13)17-9-5-6-12(17)10-18/h4,7-8,11-12,15,18H,3,5-6,9-10H2,1-2H3. The number of aliphatic hydroxyl groups is 1. The van der Waals surface area contributed by atoms with Crippen LogP contribution in [0.25, 0.3) is 0 Å². The lowest BCUT2D eigenvalue weighted by molar-refractivity contribution is 0.266. The Balaban J connectivity index is 2.26. The Morgan fingerprint density at radius 3 is 3.17 bits per heavy atom. The molecule has 1 aliphatic heterocycles. The van der Waals surface area contributed by atoms with Crippen LogP contribution in [0.2, 0.25) is 0 Å². The number of nitrogens with zero attached hydrogens (tertiary/aromatic N) is 2. The Kier molecular flexibility index (Phi) is 4.55. The molecule has 0 radical (unpaired) electrons. The highest BCUT2D eigenvalue weighted by molar-refractivity contribution is 5.50. The third kappa shape index (κ3) is 2.65. The van der Waals surface area contributed by atoms with Gasteiger partial charge in [-0.2, -0.15) is 0 Å². The van der Waals surface area contributed by atoms with Crippen LogP contribution in [0.1, 0.15) is 38.3 Å². The molecule has 2 atom stereocenters. The molecule has 4 nitrogen and oxygen atoms in total. The second-order valence-electron chi connectivity index (χ2n) is 4.87. The minimum Gasteiger partial charge on any atom is -0.394 e. The van der Waals surface area contributed by atoms with E-state index in [-0.39, 0.29) is 12.6 Å². The highest BCUT2D eigenvalue weighted by atomic mass is 16.3. The van der Waals surface area contributed by atoms with E-state index in [0.29, 0.717) is 6.04 Å². The van der Waals surface area contributed by atoms with Crippen molar-refractivity contribution in [1.82, 2.24) is 10.3 Å². The molecule has 1 aromatic heterocycles. The molecule has 18 heavy (non-hydrogen) atoms. The average molecular weight is 249 g/mol. The van der Waals surface area contributed by atoms with Crippen LogP contribution in [0.4, 0.5) is 5.82 Å². The normalized spacial score (nSPS) is 21.3. The number of aromatic nitrogens is 1. The monoisotopic (exact) mass is 249 g/mol. The Morgan fingerprint density at radius 2 is 2.44 bits per heavy atom. The fourth-order valence-corrected chi connectivity index (χ4v) is 2.71. The van der Waals surface area contributed by atoms with Crippen molar-refractivity contribution in [2.24, 2.45) is 0 Å². The fourth-order valence-electron chi connectivity index (χ4n) is 2.71. The van der Waals surface area contributed by atoms with E-state index in [2.05, 4.69) is 35.1 Å². The smallest absolute Gasteiger partial charge is 0.133 e. The van der Waals surface area contributed by atoms with E-state index in [1.165, 1.54) is 5.56 Å². The van der Waals surface area contributed by atoms with Gasteiger partial charge in [-0.15, -0.1) is 0 Å². The second kappa shape index (κ2) is 6.16. The third-order valence-corrected chi connectivity index (χ3v) is 3.65. The molecule has 2 N–H and O–H groups in total. The summed E-state index contributed by atoms with van der Waals surface area (Å²) in [6.45, 7) is 6.42. The fraction of sp³-hybridized carbons (Fsp3) is 0.643. The summed E-state index contributed by atoms with van der Waals surface area (Å²) in [6.07, 6.45) is 4.03. The van der Waals surface area contributed by atoms with E-state index >= 15 is 0 Å². The predicted octanol–water partition coefficient (Wildman–Crippen LogP) is 1.71. The van der Waals surface area contributed by atoms with Crippen molar-refractivity contribution < 1.29 is 5.11 Å². The maximum atomic E-state index is 9.45. The molecule has 0 saturated carbocycles. The van der Waals surface area contributed by atoms with Gasteiger partial charge in [0, 0.05) is 24.3 Å². The predicted molar refractivity (Wildman–Crippen MR) is 73.8 cm³/mol. The molecule has 1 aromatic rings. The van der Waals surface area contributed by atoms with Crippen molar-refractivity contribution in [2.75, 3.05) is 24.6 Å². The molecule has 2 heterocycles. The molecule has 0 amide bonds. The second-order valence-corrected chi connectivity index (χ2v) is 4.87. The van der Waals surface area contributed by atoms with Crippen molar-refractivity contribution in [2.45, 2.75) is 38.8 Å². The molecular weight excluding hydrogens is 226 g/mol. The first-order valence-electron chi connectivity index (χ1n) is 6.83. The summed E-state index contributed by atoms with van der Waals surface area (Å²) in [5.74, 6) is 1.03. The number of anilines is 1. The SMILES string of the molecule is CCNC(C)c1cccnc1N1CCCC1CO. The van der Waals surface area contributed by atoms with Gasteiger partial charge in [0.15, 0.2) is 0 Å². The van der Waals surface area contributed by atoms with Crippen LogP contribution < -0.4 is 10.2 Å². The first-order chi connectivity index (χ1) is 8.77. The summed E-state index contributed by atoms with van der Waals surface area (Å²) < 4.78 is 0. The third-order valence-electron chi connectivity index (χ3n) is 3.65. The van der Waals surface area contributed by atoms with Gasteiger partial charge in [-0.25, -0.2) is 4.98 Å². The van der Waals surface area contributed by atoms with Crippen LogP contribution in [0.3, 0.4) is 0 Å². The van der Waals surface area contributed by atoms with Crippen molar-refractivity contribution in [3.63, 3.8) is 0 Å². The van der Waals surface area contributed by atoms with Gasteiger partial charge < -0.3 is 15.3 Å². The maximum Gasteiger partial charge on any atom is 0.133 e. The summed E-state index contributed by atoms with van der Waals surface area (Å²) in [5.41, 5.74) is 1.22. The first-order valence-corrected chi connectivity index (χ1v) is 6.83. The summed E-state index contributed by atoms with van der Waals surface area (Å²) in [4.78, 5) is 6.79. The Morgan fingerprint density at radius 1 is 1.61 bits per heavy atom. The lowest BCUT2D eigenvalue weighted by Crippen LogP contribution is -2.34. The van der Waals surface area contributed by atoms with E-state index < -0.39 is 0 Å². The van der Waals surface area contributed by atoms with E-state index in [0.717, 1.165) is 31.7 Å². The number of aliphatic hydroxyl groups excluding tert-OH is 1. The molecule has 0 spiro atoms. The van der Waals surface area contributed by atoms with Gasteiger partial charge in [0.1, 0.15) is 5.82 Å². The molecule has 100 valence electrons. The number of pyridine rings is 1. The van der Waals surface area contributed by atoms with E-state index in [1.54, 1.807) is 0 Å². The van der Waals surface area contributed by atoms with E-state index in [1.807, 2.05) is 12.3 Å². The van der Waals surface area contributed by atoms with Crippen LogP contribution in [0.15, 0.2) is 18.3 Å². The highest BCUT2D eigenvalue weighted by Crippen LogP contribution is 2.29. The topological polar surface area (TPSA) is 48.4 Å². The van der Waals surface area contributed by atoms with Crippen molar-refractivity contribution in [3.8, 4) is 0 Å². The molecule has 1 saturated heterocycles. The Hall–Kier alpha value is -1.13. The number of hydrogen-bond acceptors (Lipinski definition) is 4. The zero-order chi connectivity index (χ0) is 13.0. The van der Waals surface area contributed by atoms with Crippen LogP contribution in [0.5, 0.6) is 0 Å².